The molecule has 1 amide bonds. The quantitative estimate of drug-likeness (QED) is 0.718. The highest BCUT2D eigenvalue weighted by Crippen LogP contribution is 2.43. The van der Waals surface area contributed by atoms with Crippen molar-refractivity contribution in [2.75, 3.05) is 5.32 Å². The molecule has 2 aromatic heterocycles. The topological polar surface area (TPSA) is 72.7 Å². The Balaban J connectivity index is 1.92. The third kappa shape index (κ3) is 2.73. The van der Waals surface area contributed by atoms with E-state index in [1.807, 2.05) is 0 Å². The molecule has 9 heteroatoms. The van der Waals surface area contributed by atoms with Crippen LogP contribution in [-0.4, -0.2) is 25.9 Å². The zero-order valence-corrected chi connectivity index (χ0v) is 15.0. The number of nitrogens with zero attached hydrogens (tertiary/aromatic N) is 4. The monoisotopic (exact) mass is 391 g/mol. The number of benzene rings is 1. The molecule has 1 aliphatic rings. The van der Waals surface area contributed by atoms with Gasteiger partial charge in [0, 0.05) is 28.5 Å². The van der Waals surface area contributed by atoms with Gasteiger partial charge in [-0.2, -0.15) is 9.78 Å². The van der Waals surface area contributed by atoms with Crippen molar-refractivity contribution in [2.45, 2.75) is 19.3 Å². The van der Waals surface area contributed by atoms with Crippen LogP contribution in [0.1, 0.15) is 29.2 Å². The SMILES string of the molecule is Cc1nn(-c2ccc(Cl)nn2)c2c1[C@@H](c1c(F)cccc1Cl)CC(=O)N2. The summed E-state index contributed by atoms with van der Waals surface area (Å²) < 4.78 is 15.9. The Morgan fingerprint density at radius 3 is 2.69 bits per heavy atom. The maximum absolute atomic E-state index is 14.5. The molecule has 26 heavy (non-hydrogen) atoms. The molecule has 3 aromatic rings. The summed E-state index contributed by atoms with van der Waals surface area (Å²) in [6.07, 6.45) is 0.0759. The second-order valence-corrected chi connectivity index (χ2v) is 6.71. The fraction of sp³-hybridized carbons (Fsp3) is 0.176. The van der Waals surface area contributed by atoms with Crippen LogP contribution in [0, 0.1) is 12.7 Å². The minimum atomic E-state index is -0.540. The third-order valence-electron chi connectivity index (χ3n) is 4.29. The van der Waals surface area contributed by atoms with E-state index >= 15 is 0 Å². The summed E-state index contributed by atoms with van der Waals surface area (Å²) >= 11 is 12.0. The fourth-order valence-electron chi connectivity index (χ4n) is 3.23. The molecule has 0 saturated carbocycles. The average Bonchev–Trinajstić information content (AvgIpc) is 2.92. The largest absolute Gasteiger partial charge is 0.310 e. The van der Waals surface area contributed by atoms with Crippen molar-refractivity contribution in [3.63, 3.8) is 0 Å². The molecular weight excluding hydrogens is 380 g/mol. The Morgan fingerprint density at radius 1 is 1.19 bits per heavy atom. The van der Waals surface area contributed by atoms with Gasteiger partial charge in [-0.25, -0.2) is 4.39 Å². The lowest BCUT2D eigenvalue weighted by molar-refractivity contribution is -0.116. The van der Waals surface area contributed by atoms with Crippen LogP contribution in [0.5, 0.6) is 0 Å². The van der Waals surface area contributed by atoms with Crippen molar-refractivity contribution in [1.82, 2.24) is 20.0 Å². The number of hydrogen-bond acceptors (Lipinski definition) is 4. The lowest BCUT2D eigenvalue weighted by atomic mass is 9.85. The number of aromatic nitrogens is 4. The van der Waals surface area contributed by atoms with Gasteiger partial charge in [-0.3, -0.25) is 4.79 Å². The molecule has 0 saturated heterocycles. The number of carbonyl (C=O) groups excluding carboxylic acids is 1. The molecule has 0 unspecified atom stereocenters. The molecular formula is C17H12Cl2FN5O. The molecule has 1 aliphatic heterocycles. The molecule has 0 aliphatic carbocycles. The van der Waals surface area contributed by atoms with E-state index in [0.29, 0.717) is 22.9 Å². The van der Waals surface area contributed by atoms with E-state index in [9.17, 15) is 9.18 Å². The normalized spacial score (nSPS) is 16.3. The van der Waals surface area contributed by atoms with Gasteiger partial charge in [0.05, 0.1) is 5.69 Å². The molecule has 0 fully saturated rings. The third-order valence-corrected chi connectivity index (χ3v) is 4.82. The summed E-state index contributed by atoms with van der Waals surface area (Å²) in [5, 5.41) is 15.6. The van der Waals surface area contributed by atoms with Gasteiger partial charge in [0.15, 0.2) is 11.0 Å². The number of amides is 1. The molecule has 1 atom stereocenters. The summed E-state index contributed by atoms with van der Waals surface area (Å²) in [5.74, 6) is -0.438. The highest BCUT2D eigenvalue weighted by atomic mass is 35.5. The molecule has 132 valence electrons. The second kappa shape index (κ2) is 6.34. The highest BCUT2D eigenvalue weighted by molar-refractivity contribution is 6.31. The lowest BCUT2D eigenvalue weighted by Crippen LogP contribution is -2.25. The first kappa shape index (κ1) is 16.9. The summed E-state index contributed by atoms with van der Waals surface area (Å²) in [5.41, 5.74) is 1.63. The Morgan fingerprint density at radius 2 is 2.00 bits per heavy atom. The number of hydrogen-bond donors (Lipinski definition) is 1. The van der Waals surface area contributed by atoms with Crippen LogP contribution in [0.3, 0.4) is 0 Å². The van der Waals surface area contributed by atoms with E-state index in [2.05, 4.69) is 20.6 Å². The van der Waals surface area contributed by atoms with E-state index in [4.69, 9.17) is 23.2 Å². The number of rotatable bonds is 2. The Bertz CT molecular complexity index is 998. The predicted octanol–water partition coefficient (Wildman–Crippen LogP) is 3.89. The van der Waals surface area contributed by atoms with Crippen molar-refractivity contribution in [2.24, 2.45) is 0 Å². The van der Waals surface area contributed by atoms with Crippen LogP contribution in [0.2, 0.25) is 10.2 Å². The molecule has 3 heterocycles. The molecule has 0 radical (unpaired) electrons. The molecule has 1 N–H and O–H groups in total. The Kier molecular flexibility index (Phi) is 4.13. The van der Waals surface area contributed by atoms with Crippen LogP contribution < -0.4 is 5.32 Å². The van der Waals surface area contributed by atoms with Gasteiger partial charge in [0.25, 0.3) is 0 Å². The van der Waals surface area contributed by atoms with Crippen molar-refractivity contribution in [3.8, 4) is 5.82 Å². The van der Waals surface area contributed by atoms with Crippen molar-refractivity contribution < 1.29 is 9.18 Å². The summed E-state index contributed by atoms with van der Waals surface area (Å²) in [4.78, 5) is 12.3. The second-order valence-electron chi connectivity index (χ2n) is 5.91. The van der Waals surface area contributed by atoms with Gasteiger partial charge < -0.3 is 5.32 Å². The van der Waals surface area contributed by atoms with Crippen molar-refractivity contribution in [1.29, 1.82) is 0 Å². The number of aryl methyl sites for hydroxylation is 1. The average molecular weight is 392 g/mol. The fourth-order valence-corrected chi connectivity index (χ4v) is 3.62. The predicted molar refractivity (Wildman–Crippen MR) is 95.4 cm³/mol. The smallest absolute Gasteiger partial charge is 0.226 e. The van der Waals surface area contributed by atoms with Crippen LogP contribution in [0.15, 0.2) is 30.3 Å². The van der Waals surface area contributed by atoms with Crippen molar-refractivity contribution >= 4 is 34.9 Å². The minimum Gasteiger partial charge on any atom is -0.310 e. The van der Waals surface area contributed by atoms with Gasteiger partial charge in [-0.15, -0.1) is 10.2 Å². The molecule has 0 bridgehead atoms. The number of anilines is 1. The Labute approximate surface area is 157 Å². The molecule has 1 aromatic carbocycles. The number of nitrogens with one attached hydrogen (secondary N) is 1. The summed E-state index contributed by atoms with van der Waals surface area (Å²) in [6.45, 7) is 1.79. The molecule has 6 nitrogen and oxygen atoms in total. The number of halogens is 3. The number of fused-ring (bicyclic) bond motifs is 1. The van der Waals surface area contributed by atoms with Crippen LogP contribution in [0.4, 0.5) is 10.2 Å². The van der Waals surface area contributed by atoms with Crippen LogP contribution in [0.25, 0.3) is 5.82 Å². The van der Waals surface area contributed by atoms with Gasteiger partial charge in [-0.1, -0.05) is 29.3 Å². The maximum atomic E-state index is 14.5. The van der Waals surface area contributed by atoms with E-state index in [1.165, 1.54) is 16.8 Å². The van der Waals surface area contributed by atoms with E-state index in [-0.39, 0.29) is 28.1 Å². The standard InChI is InChI=1S/C17H12Cl2FN5O/c1-8-15-9(16-10(18)3-2-4-11(16)20)7-14(26)21-17(15)25(24-8)13-6-5-12(19)22-23-13/h2-6,9H,7H2,1H3,(H,21,26)/t9-/m0/s1. The number of carbonyl (C=O) groups is 1. The molecule has 4 rings (SSSR count). The van der Waals surface area contributed by atoms with Gasteiger partial charge >= 0.3 is 0 Å². The van der Waals surface area contributed by atoms with Crippen LogP contribution >= 0.6 is 23.2 Å². The van der Waals surface area contributed by atoms with E-state index in [1.54, 1.807) is 25.1 Å². The van der Waals surface area contributed by atoms with Crippen LogP contribution in [-0.2, 0) is 4.79 Å². The highest BCUT2D eigenvalue weighted by Gasteiger charge is 2.35. The van der Waals surface area contributed by atoms with Gasteiger partial charge in [0.1, 0.15) is 11.6 Å². The van der Waals surface area contributed by atoms with Gasteiger partial charge in [0.2, 0.25) is 5.91 Å². The first-order chi connectivity index (χ1) is 12.5. The summed E-state index contributed by atoms with van der Waals surface area (Å²) in [6, 6.07) is 7.68. The van der Waals surface area contributed by atoms with Crippen molar-refractivity contribution in [3.05, 3.63) is 63.1 Å². The summed E-state index contributed by atoms with van der Waals surface area (Å²) in [7, 11) is 0. The Hall–Kier alpha value is -2.51. The maximum Gasteiger partial charge on any atom is 0.226 e. The van der Waals surface area contributed by atoms with E-state index in [0.717, 1.165) is 0 Å². The first-order valence-corrected chi connectivity index (χ1v) is 8.54. The van der Waals surface area contributed by atoms with Gasteiger partial charge in [-0.05, 0) is 31.2 Å². The van der Waals surface area contributed by atoms with E-state index < -0.39 is 11.7 Å². The lowest BCUT2D eigenvalue weighted by Gasteiger charge is -2.25. The zero-order chi connectivity index (χ0) is 18.4. The zero-order valence-electron chi connectivity index (χ0n) is 13.5. The minimum absolute atomic E-state index is 0.0759. The first-order valence-electron chi connectivity index (χ1n) is 7.78. The molecule has 0 spiro atoms.